The van der Waals surface area contributed by atoms with Crippen molar-refractivity contribution in [3.05, 3.63) is 106 Å². The Bertz CT molecular complexity index is 1210. The summed E-state index contributed by atoms with van der Waals surface area (Å²) in [5.41, 5.74) is 13.5. The number of aryl methyl sites for hydroxylation is 3. The van der Waals surface area contributed by atoms with Crippen LogP contribution < -0.4 is 10.3 Å². The summed E-state index contributed by atoms with van der Waals surface area (Å²) in [5.74, 6) is 0.786. The minimum absolute atomic E-state index is 0.0310. The molecular formula is C26H25N2OS2+. The summed E-state index contributed by atoms with van der Waals surface area (Å²) in [4.78, 5) is 13.8. The number of nitrogen functional groups attached to an aromatic ring is 1. The molecule has 5 heteroatoms. The summed E-state index contributed by atoms with van der Waals surface area (Å²) in [6.45, 7) is 6.23. The lowest BCUT2D eigenvalue weighted by Crippen LogP contribution is -2.32. The zero-order valence-corrected chi connectivity index (χ0v) is 19.5. The number of nitrogens with two attached hydrogens (primary N) is 1. The first-order valence-electron chi connectivity index (χ1n) is 10.1. The van der Waals surface area contributed by atoms with Gasteiger partial charge in [-0.05, 0) is 32.4 Å². The molecule has 2 aromatic carbocycles. The highest BCUT2D eigenvalue weighted by Crippen LogP contribution is 2.41. The van der Waals surface area contributed by atoms with Gasteiger partial charge in [0, 0.05) is 22.4 Å². The minimum Gasteiger partial charge on any atom is -0.392 e. The van der Waals surface area contributed by atoms with Gasteiger partial charge in [-0.1, -0.05) is 60.2 Å². The van der Waals surface area contributed by atoms with E-state index in [0.29, 0.717) is 16.1 Å². The van der Waals surface area contributed by atoms with Gasteiger partial charge >= 0.3 is 0 Å². The summed E-state index contributed by atoms with van der Waals surface area (Å²) in [7, 11) is 0. The van der Waals surface area contributed by atoms with Crippen LogP contribution in [0.2, 0.25) is 0 Å². The van der Waals surface area contributed by atoms with Crippen LogP contribution in [-0.2, 0) is 5.75 Å². The Labute approximate surface area is 191 Å². The highest BCUT2D eigenvalue weighted by molar-refractivity contribution is 8.00. The van der Waals surface area contributed by atoms with Crippen molar-refractivity contribution in [2.75, 3.05) is 5.73 Å². The minimum atomic E-state index is -0.0310. The van der Waals surface area contributed by atoms with Gasteiger partial charge in [-0.25, -0.2) is 0 Å². The summed E-state index contributed by atoms with van der Waals surface area (Å²) < 4.78 is 3.11. The van der Waals surface area contributed by atoms with Gasteiger partial charge in [-0.3, -0.25) is 4.79 Å². The highest BCUT2D eigenvalue weighted by atomic mass is 32.2. The average Bonchev–Trinajstić information content (AvgIpc) is 3.09. The SMILES string of the molecule is Cc1ccc(CSc2sc(C(=O)c3ccccc3)c(N)c2-[n+]2cc(C)cc(C)c2)cc1. The second-order valence-corrected chi connectivity index (χ2v) is 10.0. The quantitative estimate of drug-likeness (QED) is 0.223. The fourth-order valence-electron chi connectivity index (χ4n) is 3.52. The largest absolute Gasteiger partial charge is 0.392 e. The number of nitrogens with zero attached hydrogens (tertiary/aromatic N) is 1. The van der Waals surface area contributed by atoms with Gasteiger partial charge in [0.15, 0.2) is 12.4 Å². The first-order chi connectivity index (χ1) is 14.9. The van der Waals surface area contributed by atoms with Crippen LogP contribution in [0.15, 0.2) is 77.3 Å². The van der Waals surface area contributed by atoms with Crippen LogP contribution in [0.1, 0.15) is 37.5 Å². The van der Waals surface area contributed by atoms with E-state index in [4.69, 9.17) is 5.73 Å². The molecule has 0 unspecified atom stereocenters. The lowest BCUT2D eigenvalue weighted by atomic mass is 10.1. The molecule has 2 aromatic heterocycles. The Morgan fingerprint density at radius 1 is 0.935 bits per heavy atom. The summed E-state index contributed by atoms with van der Waals surface area (Å²) in [6.07, 6.45) is 4.14. The monoisotopic (exact) mass is 445 g/mol. The molecule has 4 rings (SSSR count). The number of carbonyl (C=O) groups excluding carboxylic acids is 1. The number of thiophene rings is 1. The Morgan fingerprint density at radius 2 is 1.58 bits per heavy atom. The van der Waals surface area contributed by atoms with Crippen LogP contribution >= 0.6 is 23.1 Å². The maximum Gasteiger partial charge on any atom is 0.259 e. The van der Waals surface area contributed by atoms with Crippen LogP contribution in [0.25, 0.3) is 5.69 Å². The van der Waals surface area contributed by atoms with Gasteiger partial charge in [0.1, 0.15) is 14.8 Å². The number of rotatable bonds is 6. The number of benzene rings is 2. The number of ketones is 1. The third-order valence-electron chi connectivity index (χ3n) is 5.02. The van der Waals surface area contributed by atoms with Crippen LogP contribution in [0, 0.1) is 20.8 Å². The van der Waals surface area contributed by atoms with Gasteiger partial charge in [0.05, 0.1) is 0 Å². The number of hydrogen-bond donors (Lipinski definition) is 1. The van der Waals surface area contributed by atoms with Crippen molar-refractivity contribution in [1.29, 1.82) is 0 Å². The van der Waals surface area contributed by atoms with E-state index < -0.39 is 0 Å². The van der Waals surface area contributed by atoms with Crippen LogP contribution in [0.4, 0.5) is 5.69 Å². The molecule has 4 aromatic rings. The molecule has 0 aliphatic heterocycles. The standard InChI is InChI=1S/C26H24N2OS2/c1-17-9-11-20(12-10-17)16-30-26-23(28-14-18(2)13-19(3)15-28)22(27)25(31-26)24(29)21-7-5-4-6-8-21/h4-15H,16H2,1-3H3,(H-,27,29)/p+1. The molecule has 0 radical (unpaired) electrons. The topological polar surface area (TPSA) is 47.0 Å². The number of aromatic nitrogens is 1. The molecule has 0 aliphatic rings. The van der Waals surface area contributed by atoms with E-state index in [0.717, 1.165) is 26.8 Å². The molecule has 2 N–H and O–H groups in total. The van der Waals surface area contributed by atoms with Crippen molar-refractivity contribution < 1.29 is 9.36 Å². The molecule has 156 valence electrons. The lowest BCUT2D eigenvalue weighted by molar-refractivity contribution is -0.597. The molecule has 31 heavy (non-hydrogen) atoms. The molecule has 0 fully saturated rings. The number of thioether (sulfide) groups is 1. The van der Waals surface area contributed by atoms with E-state index >= 15 is 0 Å². The third kappa shape index (κ3) is 4.73. The van der Waals surface area contributed by atoms with Gasteiger partial charge in [-0.15, -0.1) is 23.1 Å². The Balaban J connectivity index is 1.77. The maximum atomic E-state index is 13.2. The molecule has 0 saturated heterocycles. The average molecular weight is 446 g/mol. The first kappa shape index (κ1) is 21.3. The number of hydrogen-bond acceptors (Lipinski definition) is 4. The van der Waals surface area contributed by atoms with E-state index in [9.17, 15) is 4.79 Å². The summed E-state index contributed by atoms with van der Waals surface area (Å²) in [5, 5.41) is 0. The first-order valence-corrected chi connectivity index (χ1v) is 11.9. The fraction of sp³-hybridized carbons (Fsp3) is 0.154. The van der Waals surface area contributed by atoms with Crippen molar-refractivity contribution in [1.82, 2.24) is 0 Å². The zero-order valence-electron chi connectivity index (χ0n) is 17.9. The van der Waals surface area contributed by atoms with Crippen LogP contribution in [0.3, 0.4) is 0 Å². The second kappa shape index (κ2) is 9.08. The molecule has 2 heterocycles. The van der Waals surface area contributed by atoms with Crippen molar-refractivity contribution >= 4 is 34.6 Å². The summed E-state index contributed by atoms with van der Waals surface area (Å²) in [6, 6.07) is 20.0. The van der Waals surface area contributed by atoms with Gasteiger partial charge in [0.2, 0.25) is 5.78 Å². The van der Waals surface area contributed by atoms with Gasteiger partial charge < -0.3 is 5.73 Å². The van der Waals surface area contributed by atoms with E-state index in [1.807, 2.05) is 30.3 Å². The molecular weight excluding hydrogens is 420 g/mol. The fourth-order valence-corrected chi connectivity index (χ4v) is 5.94. The Kier molecular flexibility index (Phi) is 6.25. The molecule has 3 nitrogen and oxygen atoms in total. The van der Waals surface area contributed by atoms with E-state index in [2.05, 4.69) is 68.1 Å². The van der Waals surface area contributed by atoms with Crippen molar-refractivity contribution in [2.45, 2.75) is 30.7 Å². The zero-order chi connectivity index (χ0) is 22.0. The normalized spacial score (nSPS) is 10.9. The lowest BCUT2D eigenvalue weighted by Gasteiger charge is -2.04. The molecule has 0 bridgehead atoms. The van der Waals surface area contributed by atoms with E-state index in [1.165, 1.54) is 22.5 Å². The van der Waals surface area contributed by atoms with E-state index in [-0.39, 0.29) is 5.78 Å². The second-order valence-electron chi connectivity index (χ2n) is 7.75. The molecule has 0 spiro atoms. The predicted molar refractivity (Wildman–Crippen MR) is 130 cm³/mol. The third-order valence-corrected chi connectivity index (χ3v) is 7.54. The number of pyridine rings is 1. The molecule has 0 amide bonds. The van der Waals surface area contributed by atoms with Crippen LogP contribution in [-0.4, -0.2) is 5.78 Å². The van der Waals surface area contributed by atoms with Crippen molar-refractivity contribution in [2.24, 2.45) is 0 Å². The van der Waals surface area contributed by atoms with E-state index in [1.54, 1.807) is 11.8 Å². The van der Waals surface area contributed by atoms with Gasteiger partial charge in [0.25, 0.3) is 5.69 Å². The Hall–Kier alpha value is -2.89. The van der Waals surface area contributed by atoms with Gasteiger partial charge in [-0.2, -0.15) is 4.57 Å². The predicted octanol–water partition coefficient (Wildman–Crippen LogP) is 6.06. The molecule has 0 atom stereocenters. The number of carbonyl (C=O) groups is 1. The van der Waals surface area contributed by atoms with Crippen LogP contribution in [0.5, 0.6) is 0 Å². The van der Waals surface area contributed by atoms with Crippen molar-refractivity contribution in [3.8, 4) is 5.69 Å². The molecule has 0 saturated carbocycles. The summed E-state index contributed by atoms with van der Waals surface area (Å²) >= 11 is 3.21. The Morgan fingerprint density at radius 3 is 2.23 bits per heavy atom. The highest BCUT2D eigenvalue weighted by Gasteiger charge is 2.28. The number of anilines is 1. The maximum absolute atomic E-state index is 13.2. The molecule has 0 aliphatic carbocycles. The van der Waals surface area contributed by atoms with Crippen molar-refractivity contribution in [3.63, 3.8) is 0 Å². The smallest absolute Gasteiger partial charge is 0.259 e.